The van der Waals surface area contributed by atoms with E-state index in [-0.39, 0.29) is 30.2 Å². The quantitative estimate of drug-likeness (QED) is 0.238. The second kappa shape index (κ2) is 17.1. The van der Waals surface area contributed by atoms with E-state index in [4.69, 9.17) is 9.47 Å². The molecule has 0 radical (unpaired) electrons. The number of carbonyl (C=O) groups is 1. The fraction of sp³-hybridized carbons (Fsp3) is 0.960. The van der Waals surface area contributed by atoms with Gasteiger partial charge >= 0.3 is 0 Å². The van der Waals surface area contributed by atoms with Crippen molar-refractivity contribution in [2.45, 2.75) is 142 Å². The van der Waals surface area contributed by atoms with Crippen molar-refractivity contribution in [3.05, 3.63) is 0 Å². The fourth-order valence-electron chi connectivity index (χ4n) is 4.38. The number of unbranched alkanes of at least 4 members (excludes halogenated alkanes) is 12. The van der Waals surface area contributed by atoms with E-state index in [0.717, 1.165) is 12.8 Å². The van der Waals surface area contributed by atoms with Crippen LogP contribution in [-0.4, -0.2) is 44.6 Å². The zero-order valence-electron chi connectivity index (χ0n) is 20.7. The van der Waals surface area contributed by atoms with E-state index < -0.39 is 0 Å². The zero-order valence-corrected chi connectivity index (χ0v) is 20.7. The Bertz CT molecular complexity index is 433. The van der Waals surface area contributed by atoms with Crippen molar-refractivity contribution in [3.8, 4) is 0 Å². The SMILES string of the molecule is B[C@@H]1O[C@H](CNC(=O)CCCCCCCCCCCCCCC)C(OC(C)C)[C@@H]1C. The van der Waals surface area contributed by atoms with Crippen LogP contribution in [0.4, 0.5) is 0 Å². The van der Waals surface area contributed by atoms with Crippen molar-refractivity contribution in [3.63, 3.8) is 0 Å². The molecule has 1 fully saturated rings. The van der Waals surface area contributed by atoms with Gasteiger partial charge in [-0.25, -0.2) is 0 Å². The fourth-order valence-corrected chi connectivity index (χ4v) is 4.38. The Hall–Kier alpha value is -0.545. The Morgan fingerprint density at radius 1 is 0.933 bits per heavy atom. The Labute approximate surface area is 188 Å². The minimum absolute atomic E-state index is 0.0343. The lowest BCUT2D eigenvalue weighted by atomic mass is 9.86. The van der Waals surface area contributed by atoms with E-state index in [1.54, 1.807) is 0 Å². The smallest absolute Gasteiger partial charge is 0.220 e. The van der Waals surface area contributed by atoms with Crippen LogP contribution in [0.5, 0.6) is 0 Å². The van der Waals surface area contributed by atoms with Crippen LogP contribution >= 0.6 is 0 Å². The van der Waals surface area contributed by atoms with Crippen molar-refractivity contribution < 1.29 is 14.3 Å². The third-order valence-electron chi connectivity index (χ3n) is 6.45. The van der Waals surface area contributed by atoms with Crippen molar-refractivity contribution >= 4 is 13.8 Å². The normalized spacial score (nSPS) is 23.9. The topological polar surface area (TPSA) is 47.6 Å². The van der Waals surface area contributed by atoms with Crippen molar-refractivity contribution in [2.75, 3.05) is 6.54 Å². The van der Waals surface area contributed by atoms with E-state index in [1.165, 1.54) is 70.6 Å². The average molecular weight is 423 g/mol. The van der Waals surface area contributed by atoms with Gasteiger partial charge in [0.05, 0.1) is 12.2 Å². The maximum atomic E-state index is 12.2. The second-order valence-corrected chi connectivity index (χ2v) is 9.68. The van der Waals surface area contributed by atoms with Gasteiger partial charge in [0.25, 0.3) is 0 Å². The predicted molar refractivity (Wildman–Crippen MR) is 130 cm³/mol. The molecule has 4 nitrogen and oxygen atoms in total. The Morgan fingerprint density at radius 3 is 1.93 bits per heavy atom. The Kier molecular flexibility index (Phi) is 15.6. The van der Waals surface area contributed by atoms with Crippen molar-refractivity contribution in [2.24, 2.45) is 5.92 Å². The minimum Gasteiger partial charge on any atom is -0.379 e. The molecule has 0 aromatic heterocycles. The Balaban J connectivity index is 1.97. The van der Waals surface area contributed by atoms with Gasteiger partial charge in [0, 0.05) is 24.9 Å². The third-order valence-corrected chi connectivity index (χ3v) is 6.45. The molecule has 1 aliphatic heterocycles. The van der Waals surface area contributed by atoms with Crippen LogP contribution in [-0.2, 0) is 14.3 Å². The van der Waals surface area contributed by atoms with Gasteiger partial charge in [-0.3, -0.25) is 4.79 Å². The van der Waals surface area contributed by atoms with Gasteiger partial charge in [0.1, 0.15) is 14.0 Å². The molecule has 1 heterocycles. The Morgan fingerprint density at radius 2 is 1.43 bits per heavy atom. The van der Waals surface area contributed by atoms with Crippen molar-refractivity contribution in [1.82, 2.24) is 5.32 Å². The number of hydrogen-bond donors (Lipinski definition) is 1. The summed E-state index contributed by atoms with van der Waals surface area (Å²) in [5.41, 5.74) is 0. The molecule has 0 aromatic rings. The summed E-state index contributed by atoms with van der Waals surface area (Å²) in [7, 11) is 2.09. The molecule has 1 amide bonds. The number of rotatable bonds is 18. The van der Waals surface area contributed by atoms with Crippen LogP contribution in [0.2, 0.25) is 0 Å². The molecule has 0 bridgehead atoms. The summed E-state index contributed by atoms with van der Waals surface area (Å²) in [4.78, 5) is 12.2. The molecular weight excluding hydrogens is 373 g/mol. The van der Waals surface area contributed by atoms with Crippen molar-refractivity contribution in [1.29, 1.82) is 0 Å². The highest BCUT2D eigenvalue weighted by molar-refractivity contribution is 6.11. The van der Waals surface area contributed by atoms with Gasteiger partial charge in [0.2, 0.25) is 5.91 Å². The first-order valence-corrected chi connectivity index (χ1v) is 13.0. The highest BCUT2D eigenvalue weighted by Crippen LogP contribution is 2.28. The largest absolute Gasteiger partial charge is 0.379 e. The van der Waals surface area contributed by atoms with Gasteiger partial charge in [-0.15, -0.1) is 0 Å². The second-order valence-electron chi connectivity index (χ2n) is 9.68. The number of ether oxygens (including phenoxy) is 2. The van der Waals surface area contributed by atoms with E-state index >= 15 is 0 Å². The first-order valence-electron chi connectivity index (χ1n) is 13.0. The van der Waals surface area contributed by atoms with Crippen LogP contribution < -0.4 is 5.32 Å². The highest BCUT2D eigenvalue weighted by atomic mass is 16.6. The first kappa shape index (κ1) is 27.5. The molecule has 0 saturated carbocycles. The lowest BCUT2D eigenvalue weighted by Gasteiger charge is -2.24. The average Bonchev–Trinajstić information content (AvgIpc) is 2.97. The summed E-state index contributed by atoms with van der Waals surface area (Å²) in [6.45, 7) is 9.12. The number of hydrogen-bond acceptors (Lipinski definition) is 3. The van der Waals surface area contributed by atoms with Gasteiger partial charge < -0.3 is 14.8 Å². The summed E-state index contributed by atoms with van der Waals surface area (Å²) in [6.07, 6.45) is 18.1. The number of amides is 1. The molecule has 0 aromatic carbocycles. The van der Waals surface area contributed by atoms with E-state index in [9.17, 15) is 4.79 Å². The van der Waals surface area contributed by atoms with Crippen LogP contribution in [0.3, 0.4) is 0 Å². The molecule has 1 saturated heterocycles. The number of nitrogens with one attached hydrogen (secondary N) is 1. The molecule has 4 atom stereocenters. The first-order chi connectivity index (χ1) is 14.5. The molecule has 30 heavy (non-hydrogen) atoms. The standard InChI is InChI=1S/C25H50BNO3/c1-5-6-7-8-9-10-11-12-13-14-15-16-17-18-23(28)27-19-22-24(29-20(2)3)21(4)25(26)30-22/h20-22,24-25H,5-19,26H2,1-4H3,(H,27,28)/t21-,22+,24?,25+/m0/s1. The molecule has 1 unspecified atom stereocenters. The molecule has 0 aliphatic carbocycles. The molecular formula is C25H50BNO3. The van der Waals surface area contributed by atoms with Crippen LogP contribution in [0.15, 0.2) is 0 Å². The monoisotopic (exact) mass is 423 g/mol. The van der Waals surface area contributed by atoms with Gasteiger partial charge in [-0.05, 0) is 20.3 Å². The van der Waals surface area contributed by atoms with E-state index in [2.05, 4.69) is 40.9 Å². The van der Waals surface area contributed by atoms with Crippen LogP contribution in [0.1, 0.15) is 118 Å². The summed E-state index contributed by atoms with van der Waals surface area (Å²) in [5, 5.41) is 3.07. The lowest BCUT2D eigenvalue weighted by Crippen LogP contribution is -2.40. The van der Waals surface area contributed by atoms with E-state index in [0.29, 0.717) is 18.9 Å². The van der Waals surface area contributed by atoms with Gasteiger partial charge in [0.15, 0.2) is 0 Å². The lowest BCUT2D eigenvalue weighted by molar-refractivity contribution is -0.122. The summed E-state index contributed by atoms with van der Waals surface area (Å²) in [6, 6.07) is 0.178. The maximum Gasteiger partial charge on any atom is 0.220 e. The van der Waals surface area contributed by atoms with E-state index in [1.807, 2.05) is 0 Å². The maximum absolute atomic E-state index is 12.2. The minimum atomic E-state index is -0.0343. The zero-order chi connectivity index (χ0) is 22.2. The van der Waals surface area contributed by atoms with Gasteiger partial charge in [-0.2, -0.15) is 0 Å². The molecule has 176 valence electrons. The van der Waals surface area contributed by atoms with Crippen LogP contribution in [0.25, 0.3) is 0 Å². The summed E-state index contributed by atoms with van der Waals surface area (Å²) in [5.74, 6) is 0.507. The van der Waals surface area contributed by atoms with Gasteiger partial charge in [-0.1, -0.05) is 90.9 Å². The molecule has 1 N–H and O–H groups in total. The van der Waals surface area contributed by atoms with Crippen LogP contribution in [0, 0.1) is 5.92 Å². The molecule has 1 aliphatic rings. The highest BCUT2D eigenvalue weighted by Gasteiger charge is 2.40. The number of carbonyl (C=O) groups excluding carboxylic acids is 1. The molecule has 1 rings (SSSR count). The molecule has 0 spiro atoms. The summed E-state index contributed by atoms with van der Waals surface area (Å²) >= 11 is 0. The summed E-state index contributed by atoms with van der Waals surface area (Å²) < 4.78 is 12.1. The predicted octanol–water partition coefficient (Wildman–Crippen LogP) is 5.37. The third kappa shape index (κ3) is 12.3. The molecule has 5 heteroatoms.